The Morgan fingerprint density at radius 1 is 1.64 bits per heavy atom. The van der Waals surface area contributed by atoms with Gasteiger partial charge in [0, 0.05) is 5.38 Å². The molecule has 0 aliphatic heterocycles. The molecule has 1 rings (SSSR count). The molecule has 0 bridgehead atoms. The summed E-state index contributed by atoms with van der Waals surface area (Å²) >= 11 is 2.83. The van der Waals surface area contributed by atoms with Crippen LogP contribution >= 0.6 is 23.1 Å². The van der Waals surface area contributed by atoms with Gasteiger partial charge in [0.2, 0.25) is 5.12 Å². The minimum atomic E-state index is -0.213. The molecule has 1 heterocycles. The van der Waals surface area contributed by atoms with Crippen LogP contribution in [-0.2, 0) is 4.79 Å². The lowest BCUT2D eigenvalue weighted by Gasteiger charge is -2.19. The molecule has 0 saturated carbocycles. The molecule has 0 spiro atoms. The minimum absolute atomic E-state index is 0.139. The number of carbonyl (C=O) groups excluding carboxylic acids is 1. The normalized spacial score (nSPS) is 13.2. The number of rotatable bonds is 3. The van der Waals surface area contributed by atoms with Gasteiger partial charge in [-0.3, -0.25) is 9.69 Å². The molecule has 0 radical (unpaired) electrons. The summed E-state index contributed by atoms with van der Waals surface area (Å²) in [6, 6.07) is -0.213. The van der Waals surface area contributed by atoms with Gasteiger partial charge >= 0.3 is 0 Å². The quantitative estimate of drug-likeness (QED) is 0.794. The van der Waals surface area contributed by atoms with Gasteiger partial charge < -0.3 is 0 Å². The van der Waals surface area contributed by atoms with E-state index in [9.17, 15) is 4.79 Å². The molecule has 0 saturated heterocycles. The Hall–Kier alpha value is -0.390. The minimum Gasteiger partial charge on any atom is -0.294 e. The van der Waals surface area contributed by atoms with Gasteiger partial charge in [-0.05, 0) is 27.3 Å². The Bertz CT molecular complexity index is 322. The van der Waals surface area contributed by atoms with Crippen LogP contribution in [0.2, 0.25) is 0 Å². The molecule has 0 N–H and O–H groups in total. The van der Waals surface area contributed by atoms with Crippen molar-refractivity contribution in [2.45, 2.75) is 13.0 Å². The van der Waals surface area contributed by atoms with Crippen LogP contribution in [0.25, 0.3) is 0 Å². The SMILES string of the molecule is CSC(=O)C(c1csc(C)n1)N(C)C. The fourth-order valence-corrected chi connectivity index (χ4v) is 2.40. The third kappa shape index (κ3) is 2.56. The summed E-state index contributed by atoms with van der Waals surface area (Å²) in [4.78, 5) is 17.9. The van der Waals surface area contributed by atoms with Crippen LogP contribution in [0.15, 0.2) is 5.38 Å². The smallest absolute Gasteiger partial charge is 0.211 e. The molecule has 14 heavy (non-hydrogen) atoms. The van der Waals surface area contributed by atoms with Gasteiger partial charge in [0.25, 0.3) is 0 Å². The number of nitrogens with zero attached hydrogens (tertiary/aromatic N) is 2. The topological polar surface area (TPSA) is 33.2 Å². The summed E-state index contributed by atoms with van der Waals surface area (Å²) in [5.74, 6) is 0. The maximum absolute atomic E-state index is 11.6. The highest BCUT2D eigenvalue weighted by Crippen LogP contribution is 2.24. The van der Waals surface area contributed by atoms with E-state index in [1.54, 1.807) is 17.6 Å². The zero-order valence-electron chi connectivity index (χ0n) is 8.77. The lowest BCUT2D eigenvalue weighted by molar-refractivity contribution is -0.115. The van der Waals surface area contributed by atoms with Gasteiger partial charge in [-0.15, -0.1) is 11.3 Å². The van der Waals surface area contributed by atoms with E-state index >= 15 is 0 Å². The molecule has 0 amide bonds. The van der Waals surface area contributed by atoms with E-state index in [4.69, 9.17) is 0 Å². The van der Waals surface area contributed by atoms with Crippen LogP contribution in [0.1, 0.15) is 16.7 Å². The third-order valence-electron chi connectivity index (χ3n) is 1.86. The summed E-state index contributed by atoms with van der Waals surface area (Å²) in [6.07, 6.45) is 1.80. The van der Waals surface area contributed by atoms with Crippen molar-refractivity contribution in [3.63, 3.8) is 0 Å². The second kappa shape index (κ2) is 4.91. The van der Waals surface area contributed by atoms with Crippen molar-refractivity contribution < 1.29 is 4.79 Å². The maximum Gasteiger partial charge on any atom is 0.211 e. The van der Waals surface area contributed by atoms with Gasteiger partial charge in [-0.25, -0.2) is 4.98 Å². The fraction of sp³-hybridized carbons (Fsp3) is 0.556. The van der Waals surface area contributed by atoms with Crippen LogP contribution in [-0.4, -0.2) is 35.4 Å². The van der Waals surface area contributed by atoms with Gasteiger partial charge in [-0.1, -0.05) is 11.8 Å². The molecule has 78 valence electrons. The zero-order valence-corrected chi connectivity index (χ0v) is 10.4. The Labute approximate surface area is 92.5 Å². The van der Waals surface area contributed by atoms with Crippen molar-refractivity contribution in [3.05, 3.63) is 16.1 Å². The average Bonchev–Trinajstić information content (AvgIpc) is 2.51. The van der Waals surface area contributed by atoms with E-state index in [1.807, 2.05) is 31.3 Å². The van der Waals surface area contributed by atoms with Crippen LogP contribution in [0.4, 0.5) is 0 Å². The molecule has 1 atom stereocenters. The first kappa shape index (κ1) is 11.7. The van der Waals surface area contributed by atoms with E-state index in [-0.39, 0.29) is 11.2 Å². The highest BCUT2D eigenvalue weighted by atomic mass is 32.2. The molecule has 0 fully saturated rings. The van der Waals surface area contributed by atoms with E-state index in [1.165, 1.54) is 11.8 Å². The molecule has 0 aliphatic rings. The summed E-state index contributed by atoms with van der Waals surface area (Å²) in [5.41, 5.74) is 0.858. The molecular weight excluding hydrogens is 216 g/mol. The molecule has 3 nitrogen and oxygen atoms in total. The van der Waals surface area contributed by atoms with Gasteiger partial charge in [0.1, 0.15) is 6.04 Å². The molecule has 1 aromatic heterocycles. The third-order valence-corrected chi connectivity index (χ3v) is 3.28. The highest BCUT2D eigenvalue weighted by molar-refractivity contribution is 8.13. The van der Waals surface area contributed by atoms with E-state index in [2.05, 4.69) is 4.98 Å². The van der Waals surface area contributed by atoms with Crippen molar-refractivity contribution in [2.75, 3.05) is 20.4 Å². The van der Waals surface area contributed by atoms with Gasteiger partial charge in [-0.2, -0.15) is 0 Å². The standard InChI is InChI=1S/C9H14N2OS2/c1-6-10-7(5-14-6)8(11(2)3)9(12)13-4/h5,8H,1-4H3. The van der Waals surface area contributed by atoms with E-state index in [0.717, 1.165) is 10.7 Å². The van der Waals surface area contributed by atoms with E-state index < -0.39 is 0 Å². The lowest BCUT2D eigenvalue weighted by Crippen LogP contribution is -2.26. The second-order valence-corrected chi connectivity index (χ2v) is 5.05. The van der Waals surface area contributed by atoms with Gasteiger partial charge in [0.15, 0.2) is 0 Å². The summed E-state index contributed by atoms with van der Waals surface area (Å²) in [6.45, 7) is 1.95. The molecule has 1 unspecified atom stereocenters. The molecule has 0 aliphatic carbocycles. The number of hydrogen-bond donors (Lipinski definition) is 0. The Balaban J connectivity index is 2.94. The first-order valence-corrected chi connectivity index (χ1v) is 6.33. The molecule has 5 heteroatoms. The van der Waals surface area contributed by atoms with Crippen molar-refractivity contribution in [2.24, 2.45) is 0 Å². The maximum atomic E-state index is 11.6. The predicted molar refractivity (Wildman–Crippen MR) is 61.8 cm³/mol. The zero-order chi connectivity index (χ0) is 10.7. The monoisotopic (exact) mass is 230 g/mol. The molecule has 0 aromatic carbocycles. The summed E-state index contributed by atoms with van der Waals surface area (Å²) in [5, 5.41) is 3.09. The number of thiazole rings is 1. The second-order valence-electron chi connectivity index (χ2n) is 3.18. The average molecular weight is 230 g/mol. The van der Waals surface area contributed by atoms with Crippen LogP contribution in [0, 0.1) is 6.92 Å². The molecule has 1 aromatic rings. The summed E-state index contributed by atoms with van der Waals surface area (Å²) in [7, 11) is 3.79. The Morgan fingerprint density at radius 2 is 2.29 bits per heavy atom. The number of thioether (sulfide) groups is 1. The fourth-order valence-electron chi connectivity index (χ4n) is 1.21. The Morgan fingerprint density at radius 3 is 2.64 bits per heavy atom. The van der Waals surface area contributed by atoms with Crippen molar-refractivity contribution in [1.29, 1.82) is 0 Å². The summed E-state index contributed by atoms with van der Waals surface area (Å²) < 4.78 is 0. The first-order chi connectivity index (χ1) is 6.56. The first-order valence-electron chi connectivity index (χ1n) is 4.22. The van der Waals surface area contributed by atoms with Crippen LogP contribution in [0.5, 0.6) is 0 Å². The number of hydrogen-bond acceptors (Lipinski definition) is 5. The van der Waals surface area contributed by atoms with Crippen molar-refractivity contribution >= 4 is 28.2 Å². The Kier molecular flexibility index (Phi) is 4.10. The number of aryl methyl sites for hydroxylation is 1. The van der Waals surface area contributed by atoms with Crippen molar-refractivity contribution in [3.8, 4) is 0 Å². The van der Waals surface area contributed by atoms with Crippen LogP contribution in [0.3, 0.4) is 0 Å². The predicted octanol–water partition coefficient (Wildman–Crippen LogP) is 1.94. The number of aromatic nitrogens is 1. The van der Waals surface area contributed by atoms with E-state index in [0.29, 0.717) is 0 Å². The lowest BCUT2D eigenvalue weighted by atomic mass is 10.2. The molecular formula is C9H14N2OS2. The highest BCUT2D eigenvalue weighted by Gasteiger charge is 2.24. The number of carbonyl (C=O) groups is 1. The largest absolute Gasteiger partial charge is 0.294 e. The van der Waals surface area contributed by atoms with Crippen molar-refractivity contribution in [1.82, 2.24) is 9.88 Å². The van der Waals surface area contributed by atoms with Crippen LogP contribution < -0.4 is 0 Å². The number of likely N-dealkylation sites (N-methyl/N-ethyl adjacent to an activating group) is 1. The van der Waals surface area contributed by atoms with Gasteiger partial charge in [0.05, 0.1) is 10.7 Å².